The molecule has 0 aliphatic rings. The Bertz CT molecular complexity index is 800. The largest absolute Gasteiger partial charge is 0.333 e. The molecule has 0 saturated carbocycles. The topological polar surface area (TPSA) is 46.1 Å². The molecule has 0 aliphatic carbocycles. The lowest BCUT2D eigenvalue weighted by Crippen LogP contribution is -2.29. The lowest BCUT2D eigenvalue weighted by molar-refractivity contribution is 0.0742. The van der Waals surface area contributed by atoms with E-state index in [4.69, 9.17) is 11.6 Å². The van der Waals surface area contributed by atoms with Crippen molar-refractivity contribution in [3.05, 3.63) is 58.3 Å². The molecule has 1 amide bonds. The smallest absolute Gasteiger partial charge is 0.254 e. The molecule has 2 aromatic heterocycles. The number of thiazole rings is 1. The second-order valence-electron chi connectivity index (χ2n) is 4.98. The summed E-state index contributed by atoms with van der Waals surface area (Å²) in [4.78, 5) is 22.7. The number of carbonyl (C=O) groups is 1. The lowest BCUT2D eigenvalue weighted by atomic mass is 10.2. The number of para-hydroxylation sites is 1. The van der Waals surface area contributed by atoms with E-state index in [1.807, 2.05) is 31.2 Å². The summed E-state index contributed by atoms with van der Waals surface area (Å²) < 4.78 is 1.12. The Morgan fingerprint density at radius 3 is 2.82 bits per heavy atom. The Kier molecular flexibility index (Phi) is 4.09. The van der Waals surface area contributed by atoms with E-state index in [2.05, 4.69) is 9.97 Å². The minimum Gasteiger partial charge on any atom is -0.333 e. The molecule has 4 nitrogen and oxygen atoms in total. The predicted octanol–water partition coefficient (Wildman–Crippen LogP) is 4.18. The average Bonchev–Trinajstić information content (AvgIpc) is 2.96. The van der Waals surface area contributed by atoms with E-state index < -0.39 is 0 Å². The number of amides is 1. The van der Waals surface area contributed by atoms with Gasteiger partial charge in [0.05, 0.1) is 16.3 Å². The summed E-state index contributed by atoms with van der Waals surface area (Å²) in [6, 6.07) is 11.1. The molecule has 1 atom stereocenters. The first-order valence-corrected chi connectivity index (χ1v) is 8.00. The molecule has 0 radical (unpaired) electrons. The van der Waals surface area contributed by atoms with E-state index >= 15 is 0 Å². The molecular weight excluding hydrogens is 318 g/mol. The third-order valence-corrected chi connectivity index (χ3v) is 4.96. The van der Waals surface area contributed by atoms with Gasteiger partial charge >= 0.3 is 0 Å². The van der Waals surface area contributed by atoms with Gasteiger partial charge in [-0.3, -0.25) is 4.79 Å². The van der Waals surface area contributed by atoms with Crippen LogP contribution < -0.4 is 0 Å². The molecule has 0 spiro atoms. The zero-order valence-electron chi connectivity index (χ0n) is 12.2. The third kappa shape index (κ3) is 2.82. The quantitative estimate of drug-likeness (QED) is 0.676. The summed E-state index contributed by atoms with van der Waals surface area (Å²) >= 11 is 7.46. The zero-order valence-corrected chi connectivity index (χ0v) is 13.7. The van der Waals surface area contributed by atoms with Gasteiger partial charge in [-0.15, -0.1) is 11.3 Å². The van der Waals surface area contributed by atoms with E-state index in [9.17, 15) is 4.79 Å². The molecule has 0 saturated heterocycles. The van der Waals surface area contributed by atoms with Crippen LogP contribution in [0.4, 0.5) is 0 Å². The monoisotopic (exact) mass is 331 g/mol. The molecule has 1 aromatic carbocycles. The Balaban J connectivity index is 1.87. The lowest BCUT2D eigenvalue weighted by Gasteiger charge is -2.23. The Morgan fingerprint density at radius 2 is 2.09 bits per heavy atom. The van der Waals surface area contributed by atoms with Crippen LogP contribution in [0, 0.1) is 0 Å². The van der Waals surface area contributed by atoms with Crippen molar-refractivity contribution < 1.29 is 4.79 Å². The number of aromatic nitrogens is 2. The molecule has 22 heavy (non-hydrogen) atoms. The first-order valence-electron chi connectivity index (χ1n) is 6.80. The summed E-state index contributed by atoms with van der Waals surface area (Å²) in [6.45, 7) is 1.97. The summed E-state index contributed by atoms with van der Waals surface area (Å²) in [6.07, 6.45) is 1.53. The molecule has 0 aliphatic heterocycles. The van der Waals surface area contributed by atoms with E-state index in [-0.39, 0.29) is 11.9 Å². The van der Waals surface area contributed by atoms with Crippen LogP contribution >= 0.6 is 22.9 Å². The number of nitrogens with zero attached hydrogens (tertiary/aromatic N) is 3. The SMILES string of the molecule is CC(c1nc2ccccc2s1)N(C)C(=O)c1ccnc(Cl)c1. The maximum absolute atomic E-state index is 12.5. The van der Waals surface area contributed by atoms with Crippen LogP contribution in [0.25, 0.3) is 10.2 Å². The van der Waals surface area contributed by atoms with Crippen LogP contribution in [-0.4, -0.2) is 27.8 Å². The van der Waals surface area contributed by atoms with Crippen LogP contribution in [0.2, 0.25) is 5.15 Å². The highest BCUT2D eigenvalue weighted by atomic mass is 35.5. The summed E-state index contributed by atoms with van der Waals surface area (Å²) in [5.41, 5.74) is 1.48. The van der Waals surface area contributed by atoms with Gasteiger partial charge in [0, 0.05) is 18.8 Å². The third-order valence-electron chi connectivity index (χ3n) is 3.54. The molecular formula is C16H14ClN3OS. The zero-order chi connectivity index (χ0) is 15.7. The van der Waals surface area contributed by atoms with Crippen molar-refractivity contribution in [1.82, 2.24) is 14.9 Å². The maximum atomic E-state index is 12.5. The molecule has 6 heteroatoms. The minimum absolute atomic E-state index is 0.101. The highest BCUT2D eigenvalue weighted by Crippen LogP contribution is 2.29. The number of hydrogen-bond donors (Lipinski definition) is 0. The maximum Gasteiger partial charge on any atom is 0.254 e. The first kappa shape index (κ1) is 14.9. The van der Waals surface area contributed by atoms with Crippen LogP contribution in [-0.2, 0) is 0 Å². The van der Waals surface area contributed by atoms with Gasteiger partial charge in [0.15, 0.2) is 0 Å². The Morgan fingerprint density at radius 1 is 1.32 bits per heavy atom. The summed E-state index contributed by atoms with van der Waals surface area (Å²) in [5.74, 6) is -0.101. The fourth-order valence-corrected chi connectivity index (χ4v) is 3.39. The highest BCUT2D eigenvalue weighted by molar-refractivity contribution is 7.18. The number of hydrogen-bond acceptors (Lipinski definition) is 4. The number of pyridine rings is 1. The van der Waals surface area contributed by atoms with Crippen molar-refractivity contribution in [3.8, 4) is 0 Å². The Hall–Kier alpha value is -1.98. The van der Waals surface area contributed by atoms with Gasteiger partial charge in [-0.05, 0) is 31.2 Å². The second-order valence-corrected chi connectivity index (χ2v) is 6.43. The summed E-state index contributed by atoms with van der Waals surface area (Å²) in [5, 5.41) is 1.23. The van der Waals surface area contributed by atoms with Crippen molar-refractivity contribution >= 4 is 39.1 Å². The molecule has 1 unspecified atom stereocenters. The highest BCUT2D eigenvalue weighted by Gasteiger charge is 2.22. The van der Waals surface area contributed by atoms with Crippen molar-refractivity contribution in [3.63, 3.8) is 0 Å². The predicted molar refractivity (Wildman–Crippen MR) is 89.4 cm³/mol. The minimum atomic E-state index is -0.114. The number of carbonyl (C=O) groups excluding carboxylic acids is 1. The number of halogens is 1. The van der Waals surface area contributed by atoms with Gasteiger partial charge in [0.1, 0.15) is 10.2 Å². The average molecular weight is 332 g/mol. The Labute approximate surface area is 137 Å². The van der Waals surface area contributed by atoms with E-state index in [0.717, 1.165) is 15.2 Å². The molecule has 2 heterocycles. The van der Waals surface area contributed by atoms with Crippen LogP contribution in [0.1, 0.15) is 28.3 Å². The van der Waals surface area contributed by atoms with Crippen LogP contribution in [0.3, 0.4) is 0 Å². The van der Waals surface area contributed by atoms with E-state index in [0.29, 0.717) is 10.7 Å². The van der Waals surface area contributed by atoms with Gasteiger partial charge in [0.2, 0.25) is 0 Å². The fraction of sp³-hybridized carbons (Fsp3) is 0.188. The van der Waals surface area contributed by atoms with Crippen LogP contribution in [0.5, 0.6) is 0 Å². The van der Waals surface area contributed by atoms with Gasteiger partial charge in [-0.2, -0.15) is 0 Å². The molecule has 0 N–H and O–H groups in total. The van der Waals surface area contributed by atoms with Gasteiger partial charge < -0.3 is 4.90 Å². The van der Waals surface area contributed by atoms with Crippen LogP contribution in [0.15, 0.2) is 42.6 Å². The number of benzene rings is 1. The normalized spacial score (nSPS) is 12.3. The fourth-order valence-electron chi connectivity index (χ4n) is 2.15. The van der Waals surface area contributed by atoms with Gasteiger partial charge in [-0.1, -0.05) is 23.7 Å². The molecule has 0 bridgehead atoms. The standard InChI is InChI=1S/C16H14ClN3OS/c1-10(15-19-12-5-3-4-6-13(12)22-15)20(2)16(21)11-7-8-18-14(17)9-11/h3-10H,1-2H3. The molecule has 112 valence electrons. The number of rotatable bonds is 3. The van der Waals surface area contributed by atoms with Gasteiger partial charge in [-0.25, -0.2) is 9.97 Å². The number of fused-ring (bicyclic) bond motifs is 1. The van der Waals surface area contributed by atoms with E-state index in [1.165, 1.54) is 6.20 Å². The molecule has 0 fully saturated rings. The van der Waals surface area contributed by atoms with Crippen molar-refractivity contribution in [2.75, 3.05) is 7.05 Å². The van der Waals surface area contributed by atoms with E-state index in [1.54, 1.807) is 35.4 Å². The molecule has 3 aromatic rings. The van der Waals surface area contributed by atoms with Crippen molar-refractivity contribution in [2.24, 2.45) is 0 Å². The van der Waals surface area contributed by atoms with Crippen molar-refractivity contribution in [2.45, 2.75) is 13.0 Å². The second kappa shape index (κ2) is 6.02. The first-order chi connectivity index (χ1) is 10.6. The summed E-state index contributed by atoms with van der Waals surface area (Å²) in [7, 11) is 1.77. The van der Waals surface area contributed by atoms with Crippen molar-refractivity contribution in [1.29, 1.82) is 0 Å². The van der Waals surface area contributed by atoms with Gasteiger partial charge in [0.25, 0.3) is 5.91 Å². The molecule has 3 rings (SSSR count).